The molecule has 2 atom stereocenters. The molecule has 0 aliphatic carbocycles. The lowest BCUT2D eigenvalue weighted by atomic mass is 9.88. The van der Waals surface area contributed by atoms with E-state index < -0.39 is 0 Å². The minimum absolute atomic E-state index is 0.0354. The van der Waals surface area contributed by atoms with Crippen LogP contribution in [0.1, 0.15) is 26.2 Å². The van der Waals surface area contributed by atoms with Crippen molar-refractivity contribution in [2.45, 2.75) is 37.3 Å². The summed E-state index contributed by atoms with van der Waals surface area (Å²) >= 11 is 2.04. The van der Waals surface area contributed by atoms with E-state index in [1.54, 1.807) is 0 Å². The molecular weight excluding hydrogens is 220 g/mol. The van der Waals surface area contributed by atoms with Gasteiger partial charge in [0.25, 0.3) is 0 Å². The molecule has 2 fully saturated rings. The van der Waals surface area contributed by atoms with Gasteiger partial charge in [0.05, 0.1) is 5.60 Å². The third-order valence-corrected chi connectivity index (χ3v) is 5.52. The Hall–Kier alpha value is 0.230. The molecule has 3 nitrogen and oxygen atoms in total. The number of nitrogens with zero attached hydrogens (tertiary/aromatic N) is 1. The summed E-state index contributed by atoms with van der Waals surface area (Å²) in [5.74, 6) is 2.46. The zero-order valence-corrected chi connectivity index (χ0v) is 11.3. The molecule has 0 aromatic rings. The van der Waals surface area contributed by atoms with Gasteiger partial charge in [-0.2, -0.15) is 11.8 Å². The Bertz CT molecular complexity index is 243. The minimum Gasteiger partial charge on any atom is -0.377 e. The van der Waals surface area contributed by atoms with Crippen LogP contribution >= 0.6 is 11.8 Å². The van der Waals surface area contributed by atoms with Crippen LogP contribution in [0.25, 0.3) is 0 Å². The maximum absolute atomic E-state index is 6.03. The summed E-state index contributed by atoms with van der Waals surface area (Å²) < 4.78 is 5.67. The summed E-state index contributed by atoms with van der Waals surface area (Å²) in [6, 6.07) is 0. The van der Waals surface area contributed by atoms with E-state index in [1.807, 2.05) is 18.9 Å². The number of nitrogens with two attached hydrogens (primary N) is 1. The van der Waals surface area contributed by atoms with Gasteiger partial charge in [0.2, 0.25) is 0 Å². The summed E-state index contributed by atoms with van der Waals surface area (Å²) in [4.78, 5) is 2.60. The fraction of sp³-hybridized carbons (Fsp3) is 1.00. The largest absolute Gasteiger partial charge is 0.377 e. The van der Waals surface area contributed by atoms with Crippen LogP contribution in [0, 0.1) is 0 Å². The SMILES string of the molecule is COC1(C)CCCN(C2(CN)CCSC2)C1. The lowest BCUT2D eigenvalue weighted by Gasteiger charge is -2.48. The van der Waals surface area contributed by atoms with Gasteiger partial charge >= 0.3 is 0 Å². The quantitative estimate of drug-likeness (QED) is 0.813. The molecule has 2 saturated heterocycles. The van der Waals surface area contributed by atoms with Gasteiger partial charge in [0, 0.05) is 31.5 Å². The molecule has 0 amide bonds. The minimum atomic E-state index is 0.0354. The van der Waals surface area contributed by atoms with Crippen LogP contribution in [-0.2, 0) is 4.74 Å². The monoisotopic (exact) mass is 244 g/mol. The van der Waals surface area contributed by atoms with E-state index in [9.17, 15) is 0 Å². The zero-order chi connectivity index (χ0) is 11.6. The number of likely N-dealkylation sites (tertiary alicyclic amines) is 1. The molecule has 0 spiro atoms. The Morgan fingerprint density at radius 1 is 1.44 bits per heavy atom. The van der Waals surface area contributed by atoms with Crippen molar-refractivity contribution < 1.29 is 4.74 Å². The average molecular weight is 244 g/mol. The highest BCUT2D eigenvalue weighted by Gasteiger charge is 2.43. The highest BCUT2D eigenvalue weighted by molar-refractivity contribution is 7.99. The van der Waals surface area contributed by atoms with E-state index in [0.717, 1.165) is 13.1 Å². The topological polar surface area (TPSA) is 38.5 Å². The second kappa shape index (κ2) is 4.84. The summed E-state index contributed by atoms with van der Waals surface area (Å²) in [5.41, 5.74) is 6.32. The predicted molar refractivity (Wildman–Crippen MR) is 69.9 cm³/mol. The second-order valence-electron chi connectivity index (χ2n) is 5.41. The number of thioether (sulfide) groups is 1. The van der Waals surface area contributed by atoms with Gasteiger partial charge in [0.15, 0.2) is 0 Å². The number of methoxy groups -OCH3 is 1. The molecule has 2 rings (SSSR count). The van der Waals surface area contributed by atoms with E-state index >= 15 is 0 Å². The molecule has 2 unspecified atom stereocenters. The summed E-state index contributed by atoms with van der Waals surface area (Å²) in [6.07, 6.45) is 3.65. The molecule has 0 aromatic heterocycles. The molecule has 2 N–H and O–H groups in total. The highest BCUT2D eigenvalue weighted by atomic mass is 32.2. The van der Waals surface area contributed by atoms with Gasteiger partial charge < -0.3 is 10.5 Å². The molecule has 0 bridgehead atoms. The van der Waals surface area contributed by atoms with Crippen LogP contribution in [0.15, 0.2) is 0 Å². The number of hydrogen-bond donors (Lipinski definition) is 1. The maximum atomic E-state index is 6.03. The molecule has 16 heavy (non-hydrogen) atoms. The number of rotatable bonds is 3. The van der Waals surface area contributed by atoms with E-state index in [2.05, 4.69) is 11.8 Å². The molecule has 0 saturated carbocycles. The van der Waals surface area contributed by atoms with E-state index in [0.29, 0.717) is 0 Å². The third-order valence-electron chi connectivity index (χ3n) is 4.29. The standard InChI is InChI=1S/C12H24N2OS/c1-11(15-2)4-3-6-14(9-11)12(8-13)5-7-16-10-12/h3-10,13H2,1-2H3. The van der Waals surface area contributed by atoms with Crippen LogP contribution in [0.3, 0.4) is 0 Å². The maximum Gasteiger partial charge on any atom is 0.0777 e. The third kappa shape index (κ3) is 2.26. The summed E-state index contributed by atoms with van der Waals surface area (Å²) in [6.45, 7) is 5.25. The van der Waals surface area contributed by atoms with Crippen molar-refractivity contribution >= 4 is 11.8 Å². The van der Waals surface area contributed by atoms with Crippen molar-refractivity contribution in [1.82, 2.24) is 4.90 Å². The van der Waals surface area contributed by atoms with Crippen molar-refractivity contribution in [2.24, 2.45) is 5.73 Å². The van der Waals surface area contributed by atoms with E-state index in [-0.39, 0.29) is 11.1 Å². The van der Waals surface area contributed by atoms with Crippen molar-refractivity contribution in [3.8, 4) is 0 Å². The van der Waals surface area contributed by atoms with Crippen LogP contribution in [0.5, 0.6) is 0 Å². The molecule has 0 aromatic carbocycles. The Balaban J connectivity index is 2.08. The van der Waals surface area contributed by atoms with E-state index in [1.165, 1.54) is 37.3 Å². The molecule has 4 heteroatoms. The highest BCUT2D eigenvalue weighted by Crippen LogP contribution is 2.37. The van der Waals surface area contributed by atoms with Crippen LogP contribution in [0.4, 0.5) is 0 Å². The molecule has 2 aliphatic heterocycles. The molecule has 2 heterocycles. The average Bonchev–Trinajstić information content (AvgIpc) is 2.79. The van der Waals surface area contributed by atoms with Crippen molar-refractivity contribution in [3.05, 3.63) is 0 Å². The molecule has 94 valence electrons. The van der Waals surface area contributed by atoms with Crippen molar-refractivity contribution in [3.63, 3.8) is 0 Å². The lowest BCUT2D eigenvalue weighted by Crippen LogP contribution is -2.61. The van der Waals surface area contributed by atoms with Crippen LogP contribution in [0.2, 0.25) is 0 Å². The first-order chi connectivity index (χ1) is 7.64. The van der Waals surface area contributed by atoms with Gasteiger partial charge in [-0.05, 0) is 38.5 Å². The number of hydrogen-bond acceptors (Lipinski definition) is 4. The normalized spacial score (nSPS) is 41.4. The van der Waals surface area contributed by atoms with E-state index in [4.69, 9.17) is 10.5 Å². The molecule has 0 radical (unpaired) electrons. The Morgan fingerprint density at radius 3 is 2.81 bits per heavy atom. The van der Waals surface area contributed by atoms with Gasteiger partial charge in [-0.1, -0.05) is 0 Å². The van der Waals surface area contributed by atoms with Crippen molar-refractivity contribution in [2.75, 3.05) is 38.2 Å². The van der Waals surface area contributed by atoms with Crippen molar-refractivity contribution in [1.29, 1.82) is 0 Å². The molecular formula is C12H24N2OS. The first-order valence-electron chi connectivity index (χ1n) is 6.22. The number of piperidine rings is 1. The van der Waals surface area contributed by atoms with Gasteiger partial charge in [-0.3, -0.25) is 4.90 Å². The van der Waals surface area contributed by atoms with Crippen LogP contribution in [-0.4, -0.2) is 54.3 Å². The smallest absolute Gasteiger partial charge is 0.0777 e. The first kappa shape index (κ1) is 12.7. The zero-order valence-electron chi connectivity index (χ0n) is 10.5. The summed E-state index contributed by atoms with van der Waals surface area (Å²) in [7, 11) is 1.84. The van der Waals surface area contributed by atoms with Gasteiger partial charge in [-0.15, -0.1) is 0 Å². The number of ether oxygens (including phenoxy) is 1. The van der Waals surface area contributed by atoms with Gasteiger partial charge in [-0.25, -0.2) is 0 Å². The lowest BCUT2D eigenvalue weighted by molar-refractivity contribution is -0.0753. The van der Waals surface area contributed by atoms with Gasteiger partial charge in [0.1, 0.15) is 0 Å². The predicted octanol–water partition coefficient (Wildman–Crippen LogP) is 1.32. The Labute approximate surface area is 103 Å². The Morgan fingerprint density at radius 2 is 2.25 bits per heavy atom. The van der Waals surface area contributed by atoms with Crippen LogP contribution < -0.4 is 5.73 Å². The Kier molecular flexibility index (Phi) is 3.84. The second-order valence-corrected chi connectivity index (χ2v) is 6.52. The fourth-order valence-corrected chi connectivity index (χ4v) is 4.41. The molecule has 2 aliphatic rings. The fourth-order valence-electron chi connectivity index (χ4n) is 2.91. The summed E-state index contributed by atoms with van der Waals surface area (Å²) in [5, 5.41) is 0. The first-order valence-corrected chi connectivity index (χ1v) is 7.38.